The van der Waals surface area contributed by atoms with E-state index in [9.17, 15) is 15.2 Å². The number of hydrogen-bond acceptors (Lipinski definition) is 6. The Morgan fingerprint density at radius 2 is 2.00 bits per heavy atom. The van der Waals surface area contributed by atoms with Gasteiger partial charge < -0.3 is 14.7 Å². The summed E-state index contributed by atoms with van der Waals surface area (Å²) in [4.78, 5) is 16.7. The van der Waals surface area contributed by atoms with Crippen LogP contribution in [-0.2, 0) is 11.8 Å². The molecule has 0 aromatic heterocycles. The summed E-state index contributed by atoms with van der Waals surface area (Å²) < 4.78 is 5.71. The SMILES string of the molecule is CN1c2ccccc2C(C)(C)C1(O)CCc1cc([N+](=O)[O-])ccc1OC1=NC1. The van der Waals surface area contributed by atoms with Gasteiger partial charge in [-0.15, -0.1) is 0 Å². The van der Waals surface area contributed by atoms with Crippen molar-refractivity contribution in [3.8, 4) is 5.75 Å². The molecule has 0 fully saturated rings. The predicted molar refractivity (Wildman–Crippen MR) is 107 cm³/mol. The lowest BCUT2D eigenvalue weighted by atomic mass is 9.75. The third-order valence-corrected chi connectivity index (χ3v) is 6.01. The maximum absolute atomic E-state index is 11.7. The van der Waals surface area contributed by atoms with Crippen LogP contribution in [0.4, 0.5) is 11.4 Å². The van der Waals surface area contributed by atoms with Crippen LogP contribution in [0.15, 0.2) is 47.5 Å². The van der Waals surface area contributed by atoms with Crippen LogP contribution in [0.3, 0.4) is 0 Å². The maximum atomic E-state index is 11.7. The second kappa shape index (κ2) is 6.31. The van der Waals surface area contributed by atoms with Crippen LogP contribution < -0.4 is 9.64 Å². The number of nitrogens with zero attached hydrogens (tertiary/aromatic N) is 3. The number of aryl methyl sites for hydroxylation is 1. The van der Waals surface area contributed by atoms with E-state index in [0.717, 1.165) is 11.3 Å². The normalized spacial score (nSPS) is 21.9. The van der Waals surface area contributed by atoms with E-state index in [-0.39, 0.29) is 5.69 Å². The van der Waals surface area contributed by atoms with E-state index in [4.69, 9.17) is 4.74 Å². The van der Waals surface area contributed by atoms with Gasteiger partial charge in [0.2, 0.25) is 5.90 Å². The highest BCUT2D eigenvalue weighted by Crippen LogP contribution is 2.51. The van der Waals surface area contributed by atoms with Gasteiger partial charge in [0.15, 0.2) is 0 Å². The lowest BCUT2D eigenvalue weighted by Gasteiger charge is -2.42. The van der Waals surface area contributed by atoms with Crippen LogP contribution in [0.1, 0.15) is 31.4 Å². The molecule has 2 aliphatic heterocycles. The van der Waals surface area contributed by atoms with Gasteiger partial charge in [-0.1, -0.05) is 32.0 Å². The molecule has 0 spiro atoms. The minimum atomic E-state index is -1.13. The van der Waals surface area contributed by atoms with E-state index in [1.807, 2.05) is 50.1 Å². The number of non-ortho nitro benzene ring substituents is 1. The molecular weight excluding hydrogens is 358 g/mol. The molecule has 2 heterocycles. The number of nitro benzene ring substituents is 1. The van der Waals surface area contributed by atoms with Crippen LogP contribution in [-0.4, -0.2) is 35.2 Å². The number of aliphatic imine (C=N–C) groups is 1. The number of benzene rings is 2. The Morgan fingerprint density at radius 3 is 2.64 bits per heavy atom. The van der Waals surface area contributed by atoms with Crippen LogP contribution in [0.5, 0.6) is 5.75 Å². The first kappa shape index (κ1) is 18.4. The van der Waals surface area contributed by atoms with E-state index in [2.05, 4.69) is 4.99 Å². The Morgan fingerprint density at radius 1 is 1.29 bits per heavy atom. The Hall–Kier alpha value is -2.93. The predicted octanol–water partition coefficient (Wildman–Crippen LogP) is 3.43. The third kappa shape index (κ3) is 2.82. The van der Waals surface area contributed by atoms with Gasteiger partial charge in [0, 0.05) is 42.3 Å². The van der Waals surface area contributed by atoms with Crippen molar-refractivity contribution in [3.63, 3.8) is 0 Å². The monoisotopic (exact) mass is 381 g/mol. The summed E-state index contributed by atoms with van der Waals surface area (Å²) in [6.07, 6.45) is 0.831. The summed E-state index contributed by atoms with van der Waals surface area (Å²) >= 11 is 0. The zero-order valence-corrected chi connectivity index (χ0v) is 16.2. The van der Waals surface area contributed by atoms with Crippen molar-refractivity contribution >= 4 is 17.3 Å². The summed E-state index contributed by atoms with van der Waals surface area (Å²) in [6.45, 7) is 4.61. The Balaban J connectivity index is 1.64. The molecule has 28 heavy (non-hydrogen) atoms. The van der Waals surface area contributed by atoms with Gasteiger partial charge in [0.1, 0.15) is 18.0 Å². The highest BCUT2D eigenvalue weighted by atomic mass is 16.6. The van der Waals surface area contributed by atoms with Crippen molar-refractivity contribution in [3.05, 3.63) is 63.7 Å². The molecule has 1 unspecified atom stereocenters. The minimum absolute atomic E-state index is 0.00870. The first-order valence-electron chi connectivity index (χ1n) is 9.28. The number of likely N-dealkylation sites (N-methyl/N-ethyl adjacent to an activating group) is 1. The van der Waals surface area contributed by atoms with Gasteiger partial charge >= 0.3 is 0 Å². The summed E-state index contributed by atoms with van der Waals surface area (Å²) in [5, 5.41) is 22.9. The van der Waals surface area contributed by atoms with Crippen molar-refractivity contribution < 1.29 is 14.8 Å². The second-order valence-corrected chi connectivity index (χ2v) is 7.88. The van der Waals surface area contributed by atoms with Gasteiger partial charge in [-0.25, -0.2) is 4.99 Å². The molecule has 2 aromatic rings. The molecule has 7 heteroatoms. The standard InChI is InChI=1S/C21H23N3O4/c1-20(2)16-6-4-5-7-17(16)23(3)21(20,25)11-10-14-12-15(24(26)27)8-9-18(14)28-19-13-22-19/h4-9,12,25H,10-11,13H2,1-3H3. The van der Waals surface area contributed by atoms with Crippen LogP contribution in [0.25, 0.3) is 0 Å². The molecule has 0 bridgehead atoms. The van der Waals surface area contributed by atoms with Gasteiger partial charge in [-0.3, -0.25) is 10.1 Å². The zero-order valence-electron chi connectivity index (χ0n) is 16.2. The van der Waals surface area contributed by atoms with E-state index in [0.29, 0.717) is 36.6 Å². The number of ether oxygens (including phenoxy) is 1. The molecule has 0 radical (unpaired) electrons. The molecule has 4 rings (SSSR count). The van der Waals surface area contributed by atoms with Crippen molar-refractivity contribution in [2.24, 2.45) is 4.99 Å². The first-order valence-corrected chi connectivity index (χ1v) is 9.28. The fourth-order valence-electron chi connectivity index (χ4n) is 4.12. The summed E-state index contributed by atoms with van der Waals surface area (Å²) in [6, 6.07) is 12.5. The second-order valence-electron chi connectivity index (χ2n) is 7.88. The number of para-hydroxylation sites is 1. The largest absolute Gasteiger partial charge is 0.441 e. The molecule has 0 amide bonds. The summed E-state index contributed by atoms with van der Waals surface area (Å²) in [5.74, 6) is 1.18. The lowest BCUT2D eigenvalue weighted by molar-refractivity contribution is -0.384. The van der Waals surface area contributed by atoms with Gasteiger partial charge in [-0.05, 0) is 24.1 Å². The minimum Gasteiger partial charge on any atom is -0.441 e. The van der Waals surface area contributed by atoms with Crippen LogP contribution in [0, 0.1) is 10.1 Å². The molecule has 0 saturated carbocycles. The highest BCUT2D eigenvalue weighted by Gasteiger charge is 2.54. The molecule has 1 N–H and O–H groups in total. The fraction of sp³-hybridized carbons (Fsp3) is 0.381. The van der Waals surface area contributed by atoms with Gasteiger partial charge in [0.25, 0.3) is 5.69 Å². The van der Waals surface area contributed by atoms with Crippen molar-refractivity contribution in [2.75, 3.05) is 18.5 Å². The fourth-order valence-corrected chi connectivity index (χ4v) is 4.12. The third-order valence-electron chi connectivity index (χ3n) is 6.01. The summed E-state index contributed by atoms with van der Waals surface area (Å²) in [7, 11) is 1.89. The topological polar surface area (TPSA) is 88.2 Å². The number of aliphatic hydroxyl groups is 1. The van der Waals surface area contributed by atoms with Gasteiger partial charge in [-0.2, -0.15) is 0 Å². The van der Waals surface area contributed by atoms with Crippen molar-refractivity contribution in [1.82, 2.24) is 0 Å². The molecule has 146 valence electrons. The van der Waals surface area contributed by atoms with E-state index >= 15 is 0 Å². The van der Waals surface area contributed by atoms with E-state index in [1.54, 1.807) is 6.07 Å². The first-order chi connectivity index (χ1) is 13.2. The number of fused-ring (bicyclic) bond motifs is 1. The zero-order chi connectivity index (χ0) is 20.1. The number of anilines is 1. The smallest absolute Gasteiger partial charge is 0.269 e. The molecule has 2 aliphatic rings. The molecule has 1 atom stereocenters. The number of nitro groups is 1. The van der Waals surface area contributed by atoms with Crippen LogP contribution in [0.2, 0.25) is 0 Å². The Bertz CT molecular complexity index is 985. The Kier molecular flexibility index (Phi) is 4.15. The highest BCUT2D eigenvalue weighted by molar-refractivity contribution is 5.91. The number of rotatable bonds is 5. The quantitative estimate of drug-likeness (QED) is 0.633. The van der Waals surface area contributed by atoms with E-state index < -0.39 is 16.1 Å². The summed E-state index contributed by atoms with van der Waals surface area (Å²) in [5.41, 5.74) is 1.16. The number of hydrogen-bond donors (Lipinski definition) is 1. The molecular formula is C21H23N3O4. The molecule has 2 aromatic carbocycles. The maximum Gasteiger partial charge on any atom is 0.269 e. The Labute approximate surface area is 163 Å². The molecule has 0 aliphatic carbocycles. The van der Waals surface area contributed by atoms with E-state index in [1.165, 1.54) is 12.1 Å². The average molecular weight is 381 g/mol. The van der Waals surface area contributed by atoms with Gasteiger partial charge in [0.05, 0.1) is 4.92 Å². The van der Waals surface area contributed by atoms with Crippen LogP contribution >= 0.6 is 0 Å². The lowest BCUT2D eigenvalue weighted by Crippen LogP contribution is -2.54. The molecule has 7 nitrogen and oxygen atoms in total. The average Bonchev–Trinajstić information content (AvgIpc) is 3.47. The van der Waals surface area contributed by atoms with Crippen molar-refractivity contribution in [2.45, 2.75) is 37.8 Å². The molecule has 0 saturated heterocycles. The van der Waals surface area contributed by atoms with Crippen molar-refractivity contribution in [1.29, 1.82) is 0 Å².